The molecule has 0 aliphatic carbocycles. The van der Waals surface area contributed by atoms with Crippen LogP contribution >= 0.6 is 0 Å². The molecule has 0 unspecified atom stereocenters. The summed E-state index contributed by atoms with van der Waals surface area (Å²) in [4.78, 5) is 34.3. The molecule has 38 heavy (non-hydrogen) atoms. The lowest BCUT2D eigenvalue weighted by atomic mass is 10.0. The molecule has 5 aromatic rings. The first-order valence-electron chi connectivity index (χ1n) is 11.6. The molecule has 1 amide bonds. The standard InChI is InChI=1S/C27H21F3N6O2/c1-16(18-3-2-4-20(11-18)25(37)32-13-17-7-9-31-10-8-17)36-15-33-23-12-19(5-6-21(23)26(36)38)22-14-34-35-24(22)27(28,29)30/h2-12,14-16H,13H2,1H3,(H,32,37)(H,34,35)/t16-/m1/s1. The molecular weight excluding hydrogens is 497 g/mol. The predicted octanol–water partition coefficient (Wildman–Crippen LogP) is 4.74. The van der Waals surface area contributed by atoms with E-state index in [1.807, 2.05) is 23.3 Å². The molecule has 192 valence electrons. The summed E-state index contributed by atoms with van der Waals surface area (Å²) in [5.74, 6) is -0.259. The van der Waals surface area contributed by atoms with Crippen molar-refractivity contribution in [2.24, 2.45) is 0 Å². The maximum absolute atomic E-state index is 13.3. The molecule has 11 heteroatoms. The Morgan fingerprint density at radius 1 is 1.11 bits per heavy atom. The monoisotopic (exact) mass is 518 g/mol. The summed E-state index contributed by atoms with van der Waals surface area (Å²) < 4.78 is 41.3. The van der Waals surface area contributed by atoms with Gasteiger partial charge in [-0.2, -0.15) is 18.3 Å². The van der Waals surface area contributed by atoms with Gasteiger partial charge in [0.2, 0.25) is 0 Å². The highest BCUT2D eigenvalue weighted by Crippen LogP contribution is 2.35. The zero-order valence-electron chi connectivity index (χ0n) is 20.0. The number of aromatic nitrogens is 5. The number of H-pyrrole nitrogens is 1. The summed E-state index contributed by atoms with van der Waals surface area (Å²) in [7, 11) is 0. The summed E-state index contributed by atoms with van der Waals surface area (Å²) in [6.45, 7) is 2.15. The maximum Gasteiger partial charge on any atom is 0.433 e. The number of nitrogens with zero attached hydrogens (tertiary/aromatic N) is 4. The normalized spacial score (nSPS) is 12.4. The Morgan fingerprint density at radius 3 is 2.66 bits per heavy atom. The lowest BCUT2D eigenvalue weighted by Crippen LogP contribution is -2.25. The summed E-state index contributed by atoms with van der Waals surface area (Å²) >= 11 is 0. The van der Waals surface area contributed by atoms with E-state index in [2.05, 4.69) is 20.4 Å². The third-order valence-corrected chi connectivity index (χ3v) is 6.27. The van der Waals surface area contributed by atoms with Crippen LogP contribution in [0.1, 0.15) is 40.1 Å². The van der Waals surface area contributed by atoms with E-state index in [0.717, 1.165) is 17.3 Å². The van der Waals surface area contributed by atoms with Crippen molar-refractivity contribution in [3.05, 3.63) is 112 Å². The maximum atomic E-state index is 13.3. The molecule has 5 rings (SSSR count). The summed E-state index contributed by atoms with van der Waals surface area (Å²) in [6.07, 6.45) is 1.15. The Kier molecular flexibility index (Phi) is 6.50. The average Bonchev–Trinajstić information content (AvgIpc) is 3.43. The van der Waals surface area contributed by atoms with Crippen molar-refractivity contribution < 1.29 is 18.0 Å². The van der Waals surface area contributed by atoms with Crippen LogP contribution in [0.25, 0.3) is 22.0 Å². The first-order chi connectivity index (χ1) is 18.2. The molecule has 0 spiro atoms. The Hall–Kier alpha value is -4.80. The van der Waals surface area contributed by atoms with E-state index in [1.54, 1.807) is 37.5 Å². The number of halogens is 3. The second-order valence-electron chi connectivity index (χ2n) is 8.68. The van der Waals surface area contributed by atoms with Crippen LogP contribution in [0.2, 0.25) is 0 Å². The number of alkyl halides is 3. The number of hydrogen-bond acceptors (Lipinski definition) is 5. The molecule has 0 saturated carbocycles. The average molecular weight is 518 g/mol. The van der Waals surface area contributed by atoms with Gasteiger partial charge in [0.25, 0.3) is 11.5 Å². The molecule has 0 aliphatic rings. The minimum atomic E-state index is -4.60. The molecule has 1 atom stereocenters. The second-order valence-corrected chi connectivity index (χ2v) is 8.68. The number of pyridine rings is 1. The zero-order chi connectivity index (χ0) is 26.9. The molecule has 0 bridgehead atoms. The van der Waals surface area contributed by atoms with Gasteiger partial charge in [0, 0.05) is 30.1 Å². The second kappa shape index (κ2) is 9.92. The van der Waals surface area contributed by atoms with Gasteiger partial charge in [-0.3, -0.25) is 24.2 Å². The van der Waals surface area contributed by atoms with Gasteiger partial charge in [0.05, 0.1) is 29.5 Å². The van der Waals surface area contributed by atoms with Crippen LogP contribution in [0.3, 0.4) is 0 Å². The first-order valence-corrected chi connectivity index (χ1v) is 11.6. The van der Waals surface area contributed by atoms with Crippen molar-refractivity contribution in [2.75, 3.05) is 0 Å². The van der Waals surface area contributed by atoms with E-state index in [1.165, 1.54) is 29.1 Å². The summed E-state index contributed by atoms with van der Waals surface area (Å²) in [5.41, 5.74) is 1.12. The number of benzene rings is 2. The first kappa shape index (κ1) is 24.9. The van der Waals surface area contributed by atoms with Crippen molar-refractivity contribution in [3.63, 3.8) is 0 Å². The van der Waals surface area contributed by atoms with Crippen LogP contribution in [0.5, 0.6) is 0 Å². The van der Waals surface area contributed by atoms with Crippen molar-refractivity contribution >= 4 is 16.8 Å². The fraction of sp³-hybridized carbons (Fsp3) is 0.148. The molecule has 2 N–H and O–H groups in total. The Morgan fingerprint density at radius 2 is 1.89 bits per heavy atom. The highest BCUT2D eigenvalue weighted by Gasteiger charge is 2.36. The van der Waals surface area contributed by atoms with Gasteiger partial charge in [-0.15, -0.1) is 0 Å². The minimum absolute atomic E-state index is 0.127. The number of carbonyl (C=O) groups is 1. The number of hydrogen-bond donors (Lipinski definition) is 2. The van der Waals surface area contributed by atoms with Gasteiger partial charge in [-0.25, -0.2) is 4.98 Å². The van der Waals surface area contributed by atoms with E-state index in [0.29, 0.717) is 12.1 Å². The molecule has 0 saturated heterocycles. The van der Waals surface area contributed by atoms with Crippen LogP contribution < -0.4 is 10.9 Å². The largest absolute Gasteiger partial charge is 0.433 e. The van der Waals surface area contributed by atoms with Crippen LogP contribution in [0.15, 0.2) is 84.3 Å². The highest BCUT2D eigenvalue weighted by atomic mass is 19.4. The zero-order valence-corrected chi connectivity index (χ0v) is 20.0. The van der Waals surface area contributed by atoms with Crippen LogP contribution in [-0.4, -0.2) is 30.6 Å². The Bertz CT molecular complexity index is 1680. The van der Waals surface area contributed by atoms with Crippen LogP contribution in [0, 0.1) is 0 Å². The van der Waals surface area contributed by atoms with Gasteiger partial charge in [-0.1, -0.05) is 18.2 Å². The van der Waals surface area contributed by atoms with E-state index in [-0.39, 0.29) is 33.5 Å². The van der Waals surface area contributed by atoms with Gasteiger partial charge in [0.15, 0.2) is 0 Å². The van der Waals surface area contributed by atoms with E-state index in [4.69, 9.17) is 0 Å². The van der Waals surface area contributed by atoms with Crippen molar-refractivity contribution in [2.45, 2.75) is 25.7 Å². The highest BCUT2D eigenvalue weighted by molar-refractivity contribution is 5.94. The number of amides is 1. The molecule has 0 fully saturated rings. The molecule has 3 heterocycles. The lowest BCUT2D eigenvalue weighted by molar-refractivity contribution is -0.140. The third kappa shape index (κ3) is 4.90. The fourth-order valence-electron chi connectivity index (χ4n) is 4.19. The Labute approximate surface area is 214 Å². The van der Waals surface area contributed by atoms with E-state index >= 15 is 0 Å². The lowest BCUT2D eigenvalue weighted by Gasteiger charge is -2.17. The predicted molar refractivity (Wildman–Crippen MR) is 134 cm³/mol. The van der Waals surface area contributed by atoms with Crippen LogP contribution in [0.4, 0.5) is 13.2 Å². The van der Waals surface area contributed by atoms with Crippen LogP contribution in [-0.2, 0) is 12.7 Å². The van der Waals surface area contributed by atoms with Crippen molar-refractivity contribution in [3.8, 4) is 11.1 Å². The Balaban J connectivity index is 1.41. The van der Waals surface area contributed by atoms with E-state index in [9.17, 15) is 22.8 Å². The smallest absolute Gasteiger partial charge is 0.348 e. The van der Waals surface area contributed by atoms with Gasteiger partial charge >= 0.3 is 6.18 Å². The van der Waals surface area contributed by atoms with Gasteiger partial charge in [-0.05, 0) is 60.0 Å². The van der Waals surface area contributed by atoms with Gasteiger partial charge in [0.1, 0.15) is 5.69 Å². The number of fused-ring (bicyclic) bond motifs is 1. The quantitative estimate of drug-likeness (QED) is 0.338. The van der Waals surface area contributed by atoms with Crippen molar-refractivity contribution in [1.29, 1.82) is 0 Å². The SMILES string of the molecule is C[C@H](c1cccc(C(=O)NCc2ccncc2)c1)n1cnc2cc(-c3cn[nH]c3C(F)(F)F)ccc2c1=O. The van der Waals surface area contributed by atoms with Crippen molar-refractivity contribution in [1.82, 2.24) is 30.0 Å². The summed E-state index contributed by atoms with van der Waals surface area (Å²) in [6, 6.07) is 14.4. The fourth-order valence-corrected chi connectivity index (χ4v) is 4.19. The topological polar surface area (TPSA) is 106 Å². The van der Waals surface area contributed by atoms with Gasteiger partial charge < -0.3 is 5.32 Å². The number of carbonyl (C=O) groups excluding carboxylic acids is 1. The van der Waals surface area contributed by atoms with E-state index < -0.39 is 17.9 Å². The molecule has 0 aliphatic heterocycles. The molecule has 8 nitrogen and oxygen atoms in total. The minimum Gasteiger partial charge on any atom is -0.348 e. The number of aromatic amines is 1. The summed E-state index contributed by atoms with van der Waals surface area (Å²) in [5, 5.41) is 8.62. The molecular formula is C27H21F3N6O2. The molecule has 0 radical (unpaired) electrons. The molecule has 3 aromatic heterocycles. The number of rotatable bonds is 6. The third-order valence-electron chi connectivity index (χ3n) is 6.27. The molecule has 2 aromatic carbocycles. The number of nitrogens with one attached hydrogen (secondary N) is 2.